The van der Waals surface area contributed by atoms with Gasteiger partial charge in [-0.2, -0.15) is 0 Å². The van der Waals surface area contributed by atoms with Crippen molar-refractivity contribution in [3.8, 4) is 0 Å². The van der Waals surface area contributed by atoms with Gasteiger partial charge in [-0.3, -0.25) is 4.79 Å². The average molecular weight is 270 g/mol. The molecular weight excluding hydrogens is 248 g/mol. The minimum absolute atomic E-state index is 0.233. The van der Waals surface area contributed by atoms with Crippen molar-refractivity contribution in [1.82, 2.24) is 4.90 Å². The number of piperidine rings is 1. The summed E-state index contributed by atoms with van der Waals surface area (Å²) in [6.45, 7) is 5.19. The summed E-state index contributed by atoms with van der Waals surface area (Å²) < 4.78 is 0. The molecule has 3 aliphatic rings. The third-order valence-corrected chi connectivity index (χ3v) is 5.60. The second kappa shape index (κ2) is 4.24. The van der Waals surface area contributed by atoms with Crippen LogP contribution in [0.2, 0.25) is 0 Å². The van der Waals surface area contributed by atoms with Crippen molar-refractivity contribution in [1.29, 1.82) is 0 Å². The summed E-state index contributed by atoms with van der Waals surface area (Å²) in [5, 5.41) is 3.43. The zero-order valence-electron chi connectivity index (χ0n) is 12.1. The minimum atomic E-state index is 0.233. The topological polar surface area (TPSA) is 32.3 Å². The van der Waals surface area contributed by atoms with E-state index in [2.05, 4.69) is 23.2 Å². The van der Waals surface area contributed by atoms with Crippen LogP contribution in [0.4, 0.5) is 5.69 Å². The number of para-hydroxylation sites is 1. The predicted octanol–water partition coefficient (Wildman–Crippen LogP) is 2.92. The lowest BCUT2D eigenvalue weighted by molar-refractivity contribution is 0.0765. The molecule has 1 saturated carbocycles. The first-order chi connectivity index (χ1) is 9.73. The van der Waals surface area contributed by atoms with E-state index in [0.29, 0.717) is 5.41 Å². The summed E-state index contributed by atoms with van der Waals surface area (Å²) in [7, 11) is 0. The summed E-state index contributed by atoms with van der Waals surface area (Å²) in [6, 6.07) is 6.17. The quantitative estimate of drug-likeness (QED) is 0.896. The van der Waals surface area contributed by atoms with E-state index < -0.39 is 0 Å². The van der Waals surface area contributed by atoms with Crippen LogP contribution in [0.3, 0.4) is 0 Å². The smallest absolute Gasteiger partial charge is 0.255 e. The van der Waals surface area contributed by atoms with Gasteiger partial charge in [0.05, 0.1) is 11.3 Å². The van der Waals surface area contributed by atoms with Gasteiger partial charge in [0, 0.05) is 19.6 Å². The van der Waals surface area contributed by atoms with Crippen LogP contribution in [0.5, 0.6) is 0 Å². The Hall–Kier alpha value is -1.51. The minimum Gasteiger partial charge on any atom is -0.384 e. The van der Waals surface area contributed by atoms with Crippen molar-refractivity contribution in [3.63, 3.8) is 0 Å². The van der Waals surface area contributed by atoms with E-state index in [1.165, 1.54) is 18.4 Å². The largest absolute Gasteiger partial charge is 0.384 e. The maximum absolute atomic E-state index is 12.8. The number of likely N-dealkylation sites (tertiary alicyclic amines) is 1. The van der Waals surface area contributed by atoms with Crippen LogP contribution in [-0.2, 0) is 6.42 Å². The lowest BCUT2D eigenvalue weighted by Gasteiger charge is -2.25. The first-order valence-corrected chi connectivity index (χ1v) is 7.88. The Kier molecular flexibility index (Phi) is 2.60. The number of nitrogens with zero attached hydrogens (tertiary/aromatic N) is 1. The fraction of sp³-hybridized carbons (Fsp3) is 0.588. The van der Waals surface area contributed by atoms with Gasteiger partial charge in [-0.05, 0) is 48.6 Å². The SMILES string of the molecule is CCC12CC1CN(C(=O)c1cccc3c1NCCC3)C2. The van der Waals surface area contributed by atoms with Gasteiger partial charge in [0.1, 0.15) is 0 Å². The molecule has 106 valence electrons. The maximum Gasteiger partial charge on any atom is 0.255 e. The van der Waals surface area contributed by atoms with E-state index in [1.54, 1.807) is 0 Å². The molecule has 0 aromatic heterocycles. The molecule has 0 radical (unpaired) electrons. The summed E-state index contributed by atoms with van der Waals surface area (Å²) in [5.41, 5.74) is 3.75. The van der Waals surface area contributed by atoms with E-state index in [9.17, 15) is 4.79 Å². The molecule has 2 unspecified atom stereocenters. The number of nitrogens with one attached hydrogen (secondary N) is 1. The van der Waals surface area contributed by atoms with Gasteiger partial charge in [0.2, 0.25) is 0 Å². The highest BCUT2D eigenvalue weighted by Gasteiger charge is 2.59. The Labute approximate surface area is 120 Å². The molecule has 4 rings (SSSR count). The van der Waals surface area contributed by atoms with Crippen molar-refractivity contribution in [2.45, 2.75) is 32.6 Å². The maximum atomic E-state index is 12.8. The lowest BCUT2D eigenvalue weighted by atomic mass is 9.98. The number of hydrogen-bond donors (Lipinski definition) is 1. The van der Waals surface area contributed by atoms with E-state index in [4.69, 9.17) is 0 Å². The molecule has 3 heteroatoms. The number of carbonyl (C=O) groups excluding carboxylic acids is 1. The molecule has 0 spiro atoms. The Morgan fingerprint density at radius 1 is 1.50 bits per heavy atom. The fourth-order valence-electron chi connectivity index (χ4n) is 4.15. The van der Waals surface area contributed by atoms with Crippen LogP contribution in [0.15, 0.2) is 18.2 Å². The molecule has 1 saturated heterocycles. The van der Waals surface area contributed by atoms with Crippen LogP contribution < -0.4 is 5.32 Å². The number of rotatable bonds is 2. The second-order valence-corrected chi connectivity index (χ2v) is 6.67. The van der Waals surface area contributed by atoms with Crippen molar-refractivity contribution in [2.75, 3.05) is 25.0 Å². The van der Waals surface area contributed by atoms with Gasteiger partial charge in [-0.25, -0.2) is 0 Å². The normalized spacial score (nSPS) is 30.4. The number of carbonyl (C=O) groups is 1. The summed E-state index contributed by atoms with van der Waals surface area (Å²) >= 11 is 0. The van der Waals surface area contributed by atoms with Crippen molar-refractivity contribution in [3.05, 3.63) is 29.3 Å². The van der Waals surface area contributed by atoms with Gasteiger partial charge in [-0.15, -0.1) is 0 Å². The second-order valence-electron chi connectivity index (χ2n) is 6.67. The van der Waals surface area contributed by atoms with Crippen LogP contribution in [0.25, 0.3) is 0 Å². The van der Waals surface area contributed by atoms with Crippen molar-refractivity contribution in [2.24, 2.45) is 11.3 Å². The Bertz CT molecular complexity index is 564. The molecule has 3 nitrogen and oxygen atoms in total. The highest BCUT2D eigenvalue weighted by atomic mass is 16.2. The first kappa shape index (κ1) is 12.2. The van der Waals surface area contributed by atoms with E-state index >= 15 is 0 Å². The third kappa shape index (κ3) is 1.68. The van der Waals surface area contributed by atoms with E-state index in [-0.39, 0.29) is 5.91 Å². The van der Waals surface area contributed by atoms with Crippen LogP contribution in [0, 0.1) is 11.3 Å². The average Bonchev–Trinajstić information content (AvgIpc) is 3.07. The molecular formula is C17H22N2O. The lowest BCUT2D eigenvalue weighted by Crippen LogP contribution is -2.33. The number of amides is 1. The molecule has 0 bridgehead atoms. The fourth-order valence-corrected chi connectivity index (χ4v) is 4.15. The van der Waals surface area contributed by atoms with Crippen molar-refractivity contribution < 1.29 is 4.79 Å². The van der Waals surface area contributed by atoms with Crippen molar-refractivity contribution >= 4 is 11.6 Å². The molecule has 2 fully saturated rings. The molecule has 2 aliphatic heterocycles. The first-order valence-electron chi connectivity index (χ1n) is 7.88. The molecule has 1 N–H and O–H groups in total. The van der Waals surface area contributed by atoms with Crippen LogP contribution >= 0.6 is 0 Å². The zero-order valence-corrected chi connectivity index (χ0v) is 12.1. The van der Waals surface area contributed by atoms with E-state index in [1.807, 2.05) is 12.1 Å². The Morgan fingerprint density at radius 2 is 2.40 bits per heavy atom. The zero-order chi connectivity index (χ0) is 13.7. The number of fused-ring (bicyclic) bond motifs is 2. The highest BCUT2D eigenvalue weighted by Crippen LogP contribution is 2.60. The molecule has 1 amide bonds. The van der Waals surface area contributed by atoms with Gasteiger partial charge >= 0.3 is 0 Å². The van der Waals surface area contributed by atoms with E-state index in [0.717, 1.165) is 49.6 Å². The predicted molar refractivity (Wildman–Crippen MR) is 80.0 cm³/mol. The molecule has 20 heavy (non-hydrogen) atoms. The molecule has 1 aliphatic carbocycles. The number of hydrogen-bond acceptors (Lipinski definition) is 2. The summed E-state index contributed by atoms with van der Waals surface area (Å²) in [4.78, 5) is 14.9. The number of aryl methyl sites for hydroxylation is 1. The third-order valence-electron chi connectivity index (χ3n) is 5.60. The standard InChI is InChI=1S/C17H22N2O/c1-2-17-9-13(17)10-19(11-17)16(20)14-7-3-5-12-6-4-8-18-15(12)14/h3,5,7,13,18H,2,4,6,8-11H2,1H3. The van der Waals surface area contributed by atoms with Gasteiger partial charge in [0.15, 0.2) is 0 Å². The molecule has 2 heterocycles. The van der Waals surface area contributed by atoms with Gasteiger partial charge in [0.25, 0.3) is 5.91 Å². The summed E-state index contributed by atoms with van der Waals surface area (Å²) in [5.74, 6) is 1.00. The van der Waals surface area contributed by atoms with Gasteiger partial charge in [-0.1, -0.05) is 19.1 Å². The Balaban J connectivity index is 1.61. The molecule has 1 aromatic carbocycles. The van der Waals surface area contributed by atoms with Crippen LogP contribution in [-0.4, -0.2) is 30.4 Å². The number of anilines is 1. The summed E-state index contributed by atoms with van der Waals surface area (Å²) in [6.07, 6.45) is 4.80. The Morgan fingerprint density at radius 3 is 3.20 bits per heavy atom. The monoisotopic (exact) mass is 270 g/mol. The number of benzene rings is 1. The van der Waals surface area contributed by atoms with Gasteiger partial charge < -0.3 is 10.2 Å². The molecule has 2 atom stereocenters. The van der Waals surface area contributed by atoms with Crippen LogP contribution in [0.1, 0.15) is 42.1 Å². The highest BCUT2D eigenvalue weighted by molar-refractivity contribution is 6.00. The molecule has 1 aromatic rings.